The fourth-order valence-corrected chi connectivity index (χ4v) is 4.90. The predicted octanol–water partition coefficient (Wildman–Crippen LogP) is 15.2. The van der Waals surface area contributed by atoms with Gasteiger partial charge in [-0.3, -0.25) is 0 Å². The molecule has 0 heterocycles. The maximum atomic E-state index is 3.44. The van der Waals surface area contributed by atoms with Gasteiger partial charge in [-0.2, -0.15) is 89.5 Å². The summed E-state index contributed by atoms with van der Waals surface area (Å²) in [6, 6.07) is 38.9. The smallest absolute Gasteiger partial charge is 0 e. The van der Waals surface area contributed by atoms with Gasteiger partial charge in [0.1, 0.15) is 0 Å². The van der Waals surface area contributed by atoms with E-state index in [-0.39, 0.29) is 87.1 Å². The van der Waals surface area contributed by atoms with Gasteiger partial charge >= 0.3 is 0 Å². The van der Waals surface area contributed by atoms with Crippen molar-refractivity contribution in [3.05, 3.63) is 119 Å². The first-order valence-electron chi connectivity index (χ1n) is 18.5. The standard InChI is InChI=1S/2C20H24.4C2H6.2Y/c1-19(2,3)17-13-9-7-11-15(17)16-12-8-10-14-18(16)20(4,5)6;1-19(2,3)16-11-9-10-15(14-16)17-12-7-8-13-18(17)20(4,5)6;4*1-2;;/h7-10,13-14H,1-6H3;7-9,11,13-14H,1-6H3;4*1-2H3;;/q2*-2;;;;;;. The summed E-state index contributed by atoms with van der Waals surface area (Å²) in [5.41, 5.74) is 10.5. The first-order valence-corrected chi connectivity index (χ1v) is 18.5. The minimum atomic E-state index is 0. The van der Waals surface area contributed by atoms with Crippen molar-refractivity contribution >= 4 is 0 Å². The van der Waals surface area contributed by atoms with E-state index >= 15 is 0 Å². The van der Waals surface area contributed by atoms with E-state index in [2.05, 4.69) is 156 Å². The molecule has 0 saturated carbocycles. The zero-order chi connectivity index (χ0) is 37.9. The van der Waals surface area contributed by atoms with Crippen LogP contribution in [-0.4, -0.2) is 0 Å². The van der Waals surface area contributed by atoms with Gasteiger partial charge in [0.15, 0.2) is 0 Å². The van der Waals surface area contributed by atoms with Crippen molar-refractivity contribution in [1.29, 1.82) is 0 Å². The Bertz CT molecular complexity index is 1360. The van der Waals surface area contributed by atoms with E-state index in [1.807, 2.05) is 79.7 Å². The Kier molecular flexibility index (Phi) is 29.9. The molecule has 0 saturated heterocycles. The van der Waals surface area contributed by atoms with E-state index in [0.717, 1.165) is 5.56 Å². The van der Waals surface area contributed by atoms with Crippen LogP contribution in [0.15, 0.2) is 72.8 Å². The third-order valence-electron chi connectivity index (χ3n) is 7.18. The second-order valence-electron chi connectivity index (χ2n) is 14.9. The molecule has 0 fully saturated rings. The van der Waals surface area contributed by atoms with E-state index in [1.54, 1.807) is 0 Å². The van der Waals surface area contributed by atoms with Crippen molar-refractivity contribution in [3.8, 4) is 22.3 Å². The monoisotopic (exact) mass is 826 g/mol. The number of benzene rings is 4. The van der Waals surface area contributed by atoms with Gasteiger partial charge in [0.25, 0.3) is 0 Å². The molecule has 0 aliphatic heterocycles. The molecule has 0 atom stereocenters. The van der Waals surface area contributed by atoms with Gasteiger partial charge < -0.3 is 0 Å². The van der Waals surface area contributed by atoms with E-state index in [4.69, 9.17) is 0 Å². The molecule has 0 aliphatic rings. The van der Waals surface area contributed by atoms with Crippen molar-refractivity contribution in [2.45, 2.75) is 160 Å². The van der Waals surface area contributed by atoms with Crippen LogP contribution in [0.25, 0.3) is 22.3 Å². The number of hydrogen-bond acceptors (Lipinski definition) is 0. The molecule has 0 aromatic heterocycles. The Morgan fingerprint density at radius 1 is 0.360 bits per heavy atom. The third-order valence-corrected chi connectivity index (χ3v) is 7.18. The minimum absolute atomic E-state index is 0. The Morgan fingerprint density at radius 2 is 0.660 bits per heavy atom. The molecular weight excluding hydrogens is 754 g/mol. The first kappa shape index (κ1) is 55.8. The van der Waals surface area contributed by atoms with E-state index in [1.165, 1.54) is 38.9 Å². The second-order valence-corrected chi connectivity index (χ2v) is 14.9. The molecule has 0 amide bonds. The molecule has 0 nitrogen and oxygen atoms in total. The summed E-state index contributed by atoms with van der Waals surface area (Å²) in [4.78, 5) is 0. The Morgan fingerprint density at radius 3 is 0.960 bits per heavy atom. The van der Waals surface area contributed by atoms with Crippen molar-refractivity contribution in [1.82, 2.24) is 0 Å². The molecule has 0 aliphatic carbocycles. The SMILES string of the molecule is CC.CC.CC.CC.CC(C)(C)c1cc[c-]c(-c2[c-]cccc2C(C)(C)C)c1.CC(C)(C)c1ccc[c-]c1-c1[c-]cccc1C(C)(C)C.[Y].[Y]. The summed E-state index contributed by atoms with van der Waals surface area (Å²) in [5.74, 6) is 0. The Labute approximate surface area is 363 Å². The largest absolute Gasteiger partial charge is 0.226 e. The summed E-state index contributed by atoms with van der Waals surface area (Å²) in [6.07, 6.45) is 0. The average Bonchev–Trinajstić information content (AvgIpc) is 3.07. The normalized spacial score (nSPS) is 10.5. The van der Waals surface area contributed by atoms with Crippen LogP contribution in [0.1, 0.15) is 161 Å². The maximum absolute atomic E-state index is 3.44. The minimum Gasteiger partial charge on any atom is -0.226 e. The molecule has 0 unspecified atom stereocenters. The zero-order valence-corrected chi connectivity index (χ0v) is 41.8. The van der Waals surface area contributed by atoms with Gasteiger partial charge in [0.2, 0.25) is 0 Å². The molecule has 4 aromatic rings. The first-order chi connectivity index (χ1) is 22.4. The topological polar surface area (TPSA) is 0 Å². The third kappa shape index (κ3) is 18.2. The summed E-state index contributed by atoms with van der Waals surface area (Å²) in [5, 5.41) is 0. The van der Waals surface area contributed by atoms with Crippen molar-refractivity contribution in [2.24, 2.45) is 0 Å². The molecule has 50 heavy (non-hydrogen) atoms. The Hall–Kier alpha value is -0.912. The van der Waals surface area contributed by atoms with Crippen LogP contribution in [0, 0.1) is 24.3 Å². The van der Waals surface area contributed by atoms with E-state index < -0.39 is 0 Å². The van der Waals surface area contributed by atoms with Gasteiger partial charge in [-0.15, -0.1) is 29.8 Å². The molecule has 4 rings (SSSR count). The predicted molar refractivity (Wildman–Crippen MR) is 219 cm³/mol. The van der Waals surface area contributed by atoms with Crippen LogP contribution >= 0.6 is 0 Å². The molecule has 0 spiro atoms. The quantitative estimate of drug-likeness (QED) is 0.177. The van der Waals surface area contributed by atoms with Gasteiger partial charge in [0, 0.05) is 65.4 Å². The van der Waals surface area contributed by atoms with Crippen LogP contribution in [0.3, 0.4) is 0 Å². The van der Waals surface area contributed by atoms with Crippen LogP contribution in [0.5, 0.6) is 0 Å². The molecule has 0 N–H and O–H groups in total. The number of rotatable bonds is 2. The molecule has 274 valence electrons. The fourth-order valence-electron chi connectivity index (χ4n) is 4.90. The van der Waals surface area contributed by atoms with Gasteiger partial charge in [-0.05, 0) is 5.41 Å². The van der Waals surface area contributed by atoms with E-state index in [9.17, 15) is 0 Å². The molecular formula is C48H72Y2-4. The zero-order valence-electron chi connectivity index (χ0n) is 36.1. The molecule has 4 aromatic carbocycles. The van der Waals surface area contributed by atoms with Gasteiger partial charge in [0.05, 0.1) is 0 Å². The number of hydrogen-bond donors (Lipinski definition) is 0. The fraction of sp³-hybridized carbons (Fsp3) is 0.500. The molecule has 2 heteroatoms. The van der Waals surface area contributed by atoms with Crippen LogP contribution in [0.4, 0.5) is 0 Å². The summed E-state index contributed by atoms with van der Waals surface area (Å²) < 4.78 is 0. The van der Waals surface area contributed by atoms with Crippen molar-refractivity contribution < 1.29 is 65.4 Å². The maximum Gasteiger partial charge on any atom is 0 e. The van der Waals surface area contributed by atoms with Gasteiger partial charge in [-0.25, -0.2) is 22.3 Å². The van der Waals surface area contributed by atoms with Crippen LogP contribution in [-0.2, 0) is 87.1 Å². The van der Waals surface area contributed by atoms with Gasteiger partial charge in [-0.1, -0.05) is 155 Å². The van der Waals surface area contributed by atoms with Crippen molar-refractivity contribution in [3.63, 3.8) is 0 Å². The summed E-state index contributed by atoms with van der Waals surface area (Å²) in [7, 11) is 0. The average molecular weight is 827 g/mol. The summed E-state index contributed by atoms with van der Waals surface area (Å²) >= 11 is 0. The van der Waals surface area contributed by atoms with Crippen LogP contribution < -0.4 is 0 Å². The Balaban J connectivity index is -0.000000341. The van der Waals surface area contributed by atoms with E-state index in [0.29, 0.717) is 0 Å². The summed E-state index contributed by atoms with van der Waals surface area (Å²) in [6.45, 7) is 43.0. The van der Waals surface area contributed by atoms with Crippen LogP contribution in [0.2, 0.25) is 0 Å². The second kappa shape index (κ2) is 26.8. The molecule has 2 radical (unpaired) electrons. The molecule has 0 bridgehead atoms. The van der Waals surface area contributed by atoms with Crippen molar-refractivity contribution in [2.75, 3.05) is 0 Å².